The average Bonchev–Trinajstić information content (AvgIpc) is 2.36. The number of hydrogen-bond acceptors (Lipinski definition) is 6. The molecule has 0 amide bonds. The van der Waals surface area contributed by atoms with Crippen molar-refractivity contribution in [1.29, 1.82) is 0 Å². The standard InChI is InChI=1S/C8H12O4.C4H8O2/c1-8(10)12-6-3-2-5-11-7-4-9;5-3-1-2-4-6/h2-4H,5-7H2,1H3;1-2,5-6H,3-4H2/b3-2+;2-1+. The maximum atomic E-state index is 10.2. The van der Waals surface area contributed by atoms with Crippen LogP contribution in [0.1, 0.15) is 6.92 Å². The largest absolute Gasteiger partial charge is 0.462 e. The van der Waals surface area contributed by atoms with Crippen molar-refractivity contribution >= 4 is 12.3 Å². The molecule has 0 spiro atoms. The normalized spacial score (nSPS) is 10.2. The van der Waals surface area contributed by atoms with Gasteiger partial charge in [0.15, 0.2) is 0 Å². The molecule has 0 fully saturated rings. The van der Waals surface area contributed by atoms with Crippen molar-refractivity contribution < 1.29 is 29.3 Å². The van der Waals surface area contributed by atoms with Gasteiger partial charge in [0.2, 0.25) is 0 Å². The number of carbonyl (C=O) groups is 2. The number of esters is 1. The predicted molar refractivity (Wildman–Crippen MR) is 66.0 cm³/mol. The van der Waals surface area contributed by atoms with E-state index in [1.54, 1.807) is 12.2 Å². The molecule has 0 saturated heterocycles. The first-order valence-corrected chi connectivity index (χ1v) is 5.35. The van der Waals surface area contributed by atoms with E-state index >= 15 is 0 Å². The van der Waals surface area contributed by atoms with Crippen LogP contribution in [0.25, 0.3) is 0 Å². The fourth-order valence-electron chi connectivity index (χ4n) is 0.635. The van der Waals surface area contributed by atoms with Crippen LogP contribution < -0.4 is 0 Å². The van der Waals surface area contributed by atoms with Crippen molar-refractivity contribution in [2.45, 2.75) is 6.92 Å². The molecule has 0 radical (unpaired) electrons. The molecule has 0 rings (SSSR count). The predicted octanol–water partition coefficient (Wildman–Crippen LogP) is -0.152. The Kier molecular flexibility index (Phi) is 18.7. The highest BCUT2D eigenvalue weighted by molar-refractivity contribution is 5.65. The number of ether oxygens (including phenoxy) is 2. The van der Waals surface area contributed by atoms with Crippen molar-refractivity contribution in [3.05, 3.63) is 24.3 Å². The van der Waals surface area contributed by atoms with Crippen molar-refractivity contribution in [3.63, 3.8) is 0 Å². The zero-order valence-corrected chi connectivity index (χ0v) is 10.4. The van der Waals surface area contributed by atoms with Gasteiger partial charge in [0, 0.05) is 6.92 Å². The molecule has 0 bridgehead atoms. The minimum atomic E-state index is -0.312. The molecular weight excluding hydrogens is 240 g/mol. The summed E-state index contributed by atoms with van der Waals surface area (Å²) in [7, 11) is 0. The quantitative estimate of drug-likeness (QED) is 0.273. The second kappa shape index (κ2) is 17.9. The summed E-state index contributed by atoms with van der Waals surface area (Å²) in [6, 6.07) is 0. The van der Waals surface area contributed by atoms with Gasteiger partial charge in [0.1, 0.15) is 19.5 Å². The summed E-state index contributed by atoms with van der Waals surface area (Å²) in [5, 5.41) is 16.0. The summed E-state index contributed by atoms with van der Waals surface area (Å²) in [6.07, 6.45) is 7.00. The van der Waals surface area contributed by atoms with Gasteiger partial charge >= 0.3 is 5.97 Å². The first-order chi connectivity index (χ1) is 8.68. The van der Waals surface area contributed by atoms with Crippen LogP contribution in [0.3, 0.4) is 0 Å². The number of aliphatic hydroxyl groups excluding tert-OH is 2. The lowest BCUT2D eigenvalue weighted by atomic mass is 10.5. The molecule has 0 unspecified atom stereocenters. The molecule has 2 N–H and O–H groups in total. The van der Waals surface area contributed by atoms with Gasteiger partial charge in [-0.1, -0.05) is 18.2 Å². The lowest BCUT2D eigenvalue weighted by molar-refractivity contribution is -0.139. The van der Waals surface area contributed by atoms with Crippen molar-refractivity contribution in [2.24, 2.45) is 0 Å². The highest BCUT2D eigenvalue weighted by atomic mass is 16.5. The van der Waals surface area contributed by atoms with E-state index in [1.165, 1.54) is 19.1 Å². The number of hydrogen-bond donors (Lipinski definition) is 2. The van der Waals surface area contributed by atoms with Gasteiger partial charge in [-0.25, -0.2) is 0 Å². The van der Waals surface area contributed by atoms with Crippen LogP contribution in [-0.2, 0) is 19.1 Å². The third kappa shape index (κ3) is 24.0. The maximum absolute atomic E-state index is 10.2. The van der Waals surface area contributed by atoms with E-state index in [2.05, 4.69) is 4.74 Å². The summed E-state index contributed by atoms with van der Waals surface area (Å²) in [5.74, 6) is -0.312. The maximum Gasteiger partial charge on any atom is 0.302 e. The zero-order chi connectivity index (χ0) is 14.1. The molecule has 0 saturated carbocycles. The van der Waals surface area contributed by atoms with Crippen LogP contribution in [0.2, 0.25) is 0 Å². The molecule has 6 nitrogen and oxygen atoms in total. The third-order valence-corrected chi connectivity index (χ3v) is 1.33. The second-order valence-electron chi connectivity index (χ2n) is 2.81. The summed E-state index contributed by atoms with van der Waals surface area (Å²) in [6.45, 7) is 2.08. The Morgan fingerprint density at radius 2 is 1.56 bits per heavy atom. The monoisotopic (exact) mass is 260 g/mol. The summed E-state index contributed by atoms with van der Waals surface area (Å²) in [4.78, 5) is 20.0. The highest BCUT2D eigenvalue weighted by Crippen LogP contribution is 1.80. The van der Waals surface area contributed by atoms with E-state index in [-0.39, 0.29) is 32.4 Å². The van der Waals surface area contributed by atoms with Gasteiger partial charge in [0.25, 0.3) is 0 Å². The van der Waals surface area contributed by atoms with Crippen molar-refractivity contribution in [2.75, 3.05) is 33.0 Å². The van der Waals surface area contributed by atoms with E-state index in [0.29, 0.717) is 12.9 Å². The Bertz CT molecular complexity index is 241. The molecule has 0 aromatic heterocycles. The van der Waals surface area contributed by atoms with E-state index in [1.807, 2.05) is 0 Å². The number of carbonyl (C=O) groups excluding carboxylic acids is 2. The summed E-state index contributed by atoms with van der Waals surface area (Å²) in [5.41, 5.74) is 0. The van der Waals surface area contributed by atoms with Crippen LogP contribution in [0, 0.1) is 0 Å². The van der Waals surface area contributed by atoms with E-state index in [9.17, 15) is 9.59 Å². The molecule has 0 aliphatic carbocycles. The van der Waals surface area contributed by atoms with Gasteiger partial charge in [-0.2, -0.15) is 0 Å². The molecule has 0 atom stereocenters. The Morgan fingerprint density at radius 3 is 2.00 bits per heavy atom. The molecule has 0 aliphatic rings. The Labute approximate surface area is 107 Å². The molecular formula is C12H20O6. The number of aldehydes is 1. The minimum Gasteiger partial charge on any atom is -0.462 e. The van der Waals surface area contributed by atoms with Crippen LogP contribution in [-0.4, -0.2) is 55.5 Å². The van der Waals surface area contributed by atoms with Crippen LogP contribution in [0.5, 0.6) is 0 Å². The zero-order valence-electron chi connectivity index (χ0n) is 10.4. The van der Waals surface area contributed by atoms with Gasteiger partial charge in [0.05, 0.1) is 19.8 Å². The summed E-state index contributed by atoms with van der Waals surface area (Å²) >= 11 is 0. The van der Waals surface area contributed by atoms with E-state index in [4.69, 9.17) is 14.9 Å². The van der Waals surface area contributed by atoms with Crippen molar-refractivity contribution in [1.82, 2.24) is 0 Å². The average molecular weight is 260 g/mol. The van der Waals surface area contributed by atoms with Gasteiger partial charge in [-0.05, 0) is 6.08 Å². The molecule has 0 aromatic carbocycles. The minimum absolute atomic E-state index is 0.0144. The van der Waals surface area contributed by atoms with E-state index in [0.717, 1.165) is 0 Å². The molecule has 6 heteroatoms. The molecule has 104 valence electrons. The molecule has 0 heterocycles. The highest BCUT2D eigenvalue weighted by Gasteiger charge is 1.86. The van der Waals surface area contributed by atoms with Crippen LogP contribution in [0.4, 0.5) is 0 Å². The molecule has 18 heavy (non-hydrogen) atoms. The lowest BCUT2D eigenvalue weighted by Gasteiger charge is -1.94. The fraction of sp³-hybridized carbons (Fsp3) is 0.500. The molecule has 0 aliphatic heterocycles. The Morgan fingerprint density at radius 1 is 1.00 bits per heavy atom. The number of rotatable bonds is 8. The summed E-state index contributed by atoms with van der Waals surface area (Å²) < 4.78 is 9.39. The van der Waals surface area contributed by atoms with Crippen LogP contribution >= 0.6 is 0 Å². The number of aliphatic hydroxyl groups is 2. The lowest BCUT2D eigenvalue weighted by Crippen LogP contribution is -1.98. The second-order valence-corrected chi connectivity index (χ2v) is 2.81. The first kappa shape index (κ1) is 18.9. The van der Waals surface area contributed by atoms with Gasteiger partial charge in [-0.15, -0.1) is 0 Å². The van der Waals surface area contributed by atoms with Gasteiger partial charge < -0.3 is 24.5 Å². The van der Waals surface area contributed by atoms with Crippen LogP contribution in [0.15, 0.2) is 24.3 Å². The first-order valence-electron chi connectivity index (χ1n) is 5.35. The van der Waals surface area contributed by atoms with Gasteiger partial charge in [-0.3, -0.25) is 4.79 Å². The molecule has 0 aromatic rings. The Balaban J connectivity index is 0. The Hall–Kier alpha value is -1.50. The smallest absolute Gasteiger partial charge is 0.302 e. The fourth-order valence-corrected chi connectivity index (χ4v) is 0.635. The van der Waals surface area contributed by atoms with E-state index < -0.39 is 0 Å². The van der Waals surface area contributed by atoms with Crippen molar-refractivity contribution in [3.8, 4) is 0 Å². The third-order valence-electron chi connectivity index (χ3n) is 1.33. The topological polar surface area (TPSA) is 93.1 Å². The SMILES string of the molecule is CC(=O)OC/C=C/COCC=O.OC/C=C/CO.